The molecular formula is C21H31N5O. The number of guanidine groups is 1. The Hall–Kier alpha value is -2.50. The molecule has 1 saturated heterocycles. The average Bonchev–Trinajstić information content (AvgIpc) is 3.21. The largest absolute Gasteiger partial charge is 0.494 e. The molecule has 2 atom stereocenters. The molecule has 0 saturated carbocycles. The van der Waals surface area contributed by atoms with E-state index in [2.05, 4.69) is 56.1 Å². The molecule has 27 heavy (non-hydrogen) atoms. The van der Waals surface area contributed by atoms with Crippen LogP contribution in [0.25, 0.3) is 0 Å². The summed E-state index contributed by atoms with van der Waals surface area (Å²) in [4.78, 5) is 11.1. The molecule has 6 nitrogen and oxygen atoms in total. The maximum Gasteiger partial charge on any atom is 0.193 e. The summed E-state index contributed by atoms with van der Waals surface area (Å²) in [5, 5.41) is 3.53. The zero-order valence-electron chi connectivity index (χ0n) is 16.6. The third kappa shape index (κ3) is 5.02. The van der Waals surface area contributed by atoms with Crippen LogP contribution in [0.15, 0.2) is 48.0 Å². The lowest BCUT2D eigenvalue weighted by molar-refractivity contribution is 0.189. The number of imidazole rings is 1. The topological polar surface area (TPSA) is 54.7 Å². The average molecular weight is 370 g/mol. The van der Waals surface area contributed by atoms with Gasteiger partial charge in [0.2, 0.25) is 0 Å². The molecule has 0 amide bonds. The highest BCUT2D eigenvalue weighted by atomic mass is 16.5. The molecule has 2 heterocycles. The van der Waals surface area contributed by atoms with E-state index in [1.165, 1.54) is 5.56 Å². The van der Waals surface area contributed by atoms with Crippen molar-refractivity contribution in [2.45, 2.75) is 32.7 Å². The van der Waals surface area contributed by atoms with Gasteiger partial charge in [-0.05, 0) is 43.4 Å². The fourth-order valence-corrected chi connectivity index (χ4v) is 3.70. The SMILES string of the molecule is CCOc1cccc(CCNC(=NC)N2CCC(C)C(n3ccnc3)C2)c1. The third-order valence-corrected chi connectivity index (χ3v) is 5.24. The first-order valence-corrected chi connectivity index (χ1v) is 9.86. The number of piperidine rings is 1. The Kier molecular flexibility index (Phi) is 6.74. The highest BCUT2D eigenvalue weighted by Crippen LogP contribution is 2.27. The molecule has 1 aliphatic rings. The number of likely N-dealkylation sites (tertiary alicyclic amines) is 1. The van der Waals surface area contributed by atoms with E-state index in [-0.39, 0.29) is 0 Å². The monoisotopic (exact) mass is 369 g/mol. The van der Waals surface area contributed by atoms with Crippen molar-refractivity contribution >= 4 is 5.96 Å². The first kappa shape index (κ1) is 19.3. The fourth-order valence-electron chi connectivity index (χ4n) is 3.70. The minimum Gasteiger partial charge on any atom is -0.494 e. The molecule has 1 N–H and O–H groups in total. The molecular weight excluding hydrogens is 338 g/mol. The molecule has 146 valence electrons. The predicted molar refractivity (Wildman–Crippen MR) is 109 cm³/mol. The van der Waals surface area contributed by atoms with Crippen LogP contribution in [0.2, 0.25) is 0 Å². The van der Waals surface area contributed by atoms with E-state index in [1.54, 1.807) is 0 Å². The van der Waals surface area contributed by atoms with Crippen LogP contribution in [-0.2, 0) is 6.42 Å². The van der Waals surface area contributed by atoms with Gasteiger partial charge in [0.15, 0.2) is 5.96 Å². The highest BCUT2D eigenvalue weighted by molar-refractivity contribution is 5.80. The third-order valence-electron chi connectivity index (χ3n) is 5.24. The zero-order valence-corrected chi connectivity index (χ0v) is 16.6. The molecule has 0 radical (unpaired) electrons. The standard InChI is InChI=1S/C21H31N5O/c1-4-27-19-7-5-6-18(14-19)8-10-24-21(22-3)25-12-9-17(2)20(15-25)26-13-11-23-16-26/h5-7,11,13-14,16-17,20H,4,8-10,12,15H2,1-3H3,(H,22,24). The molecule has 0 bridgehead atoms. The Balaban J connectivity index is 1.55. The summed E-state index contributed by atoms with van der Waals surface area (Å²) in [6.07, 6.45) is 7.93. The van der Waals surface area contributed by atoms with Gasteiger partial charge in [-0.25, -0.2) is 4.98 Å². The number of nitrogens with zero attached hydrogens (tertiary/aromatic N) is 4. The molecule has 2 unspecified atom stereocenters. The van der Waals surface area contributed by atoms with Gasteiger partial charge in [-0.2, -0.15) is 0 Å². The van der Waals surface area contributed by atoms with Gasteiger partial charge < -0.3 is 19.5 Å². The van der Waals surface area contributed by atoms with Crippen molar-refractivity contribution in [1.82, 2.24) is 19.8 Å². The van der Waals surface area contributed by atoms with Gasteiger partial charge in [0.05, 0.1) is 19.0 Å². The van der Waals surface area contributed by atoms with Crippen molar-refractivity contribution < 1.29 is 4.74 Å². The number of benzene rings is 1. The predicted octanol–water partition coefficient (Wildman–Crippen LogP) is 2.98. The van der Waals surface area contributed by atoms with Crippen molar-refractivity contribution in [3.63, 3.8) is 0 Å². The van der Waals surface area contributed by atoms with E-state index in [1.807, 2.05) is 32.6 Å². The normalized spacial score (nSPS) is 20.6. The van der Waals surface area contributed by atoms with Crippen molar-refractivity contribution in [2.75, 3.05) is 33.3 Å². The van der Waals surface area contributed by atoms with E-state index in [0.717, 1.165) is 44.2 Å². The lowest BCUT2D eigenvalue weighted by atomic mass is 9.93. The number of rotatable bonds is 6. The molecule has 6 heteroatoms. The van der Waals surface area contributed by atoms with Gasteiger partial charge in [0.25, 0.3) is 0 Å². The summed E-state index contributed by atoms with van der Waals surface area (Å²) in [7, 11) is 1.86. The summed E-state index contributed by atoms with van der Waals surface area (Å²) in [5.41, 5.74) is 1.27. The Morgan fingerprint density at radius 3 is 3.04 bits per heavy atom. The minimum absolute atomic E-state index is 0.433. The van der Waals surface area contributed by atoms with Crippen LogP contribution in [0.3, 0.4) is 0 Å². The van der Waals surface area contributed by atoms with Crippen LogP contribution in [0.5, 0.6) is 5.75 Å². The maximum absolute atomic E-state index is 5.59. The first-order valence-electron chi connectivity index (χ1n) is 9.86. The van der Waals surface area contributed by atoms with E-state index >= 15 is 0 Å². The van der Waals surface area contributed by atoms with E-state index in [9.17, 15) is 0 Å². The van der Waals surface area contributed by atoms with Gasteiger partial charge in [-0.3, -0.25) is 4.99 Å². The second-order valence-electron chi connectivity index (χ2n) is 7.09. The van der Waals surface area contributed by atoms with Gasteiger partial charge in [0.1, 0.15) is 5.75 Å². The highest BCUT2D eigenvalue weighted by Gasteiger charge is 2.28. The second kappa shape index (κ2) is 9.44. The Morgan fingerprint density at radius 2 is 2.30 bits per heavy atom. The van der Waals surface area contributed by atoms with Gasteiger partial charge in [-0.15, -0.1) is 0 Å². The number of aliphatic imine (C=N–C) groups is 1. The van der Waals surface area contributed by atoms with Crippen LogP contribution in [0.1, 0.15) is 31.9 Å². The smallest absolute Gasteiger partial charge is 0.193 e. The van der Waals surface area contributed by atoms with E-state index in [0.29, 0.717) is 18.6 Å². The molecule has 0 aliphatic carbocycles. The fraction of sp³-hybridized carbons (Fsp3) is 0.524. The number of aromatic nitrogens is 2. The van der Waals surface area contributed by atoms with E-state index in [4.69, 9.17) is 4.74 Å². The number of hydrogen-bond acceptors (Lipinski definition) is 3. The second-order valence-corrected chi connectivity index (χ2v) is 7.09. The first-order chi connectivity index (χ1) is 13.2. The molecule has 2 aromatic rings. The van der Waals surface area contributed by atoms with Gasteiger partial charge in [-0.1, -0.05) is 19.1 Å². The Bertz CT molecular complexity index is 728. The molecule has 1 aromatic heterocycles. The van der Waals surface area contributed by atoms with Crippen LogP contribution in [0.4, 0.5) is 0 Å². The Labute approximate surface area is 162 Å². The zero-order chi connectivity index (χ0) is 19.1. The molecule has 1 fully saturated rings. The van der Waals surface area contributed by atoms with Crippen LogP contribution < -0.4 is 10.1 Å². The summed E-state index contributed by atoms with van der Waals surface area (Å²) in [5.74, 6) is 2.55. The van der Waals surface area contributed by atoms with Crippen molar-refractivity contribution in [2.24, 2.45) is 10.9 Å². The molecule has 0 spiro atoms. The van der Waals surface area contributed by atoms with Crippen molar-refractivity contribution in [3.8, 4) is 5.75 Å². The number of ether oxygens (including phenoxy) is 1. The molecule has 1 aliphatic heterocycles. The van der Waals surface area contributed by atoms with E-state index < -0.39 is 0 Å². The van der Waals surface area contributed by atoms with Crippen molar-refractivity contribution in [1.29, 1.82) is 0 Å². The lowest BCUT2D eigenvalue weighted by Crippen LogP contribution is -2.49. The number of nitrogens with one attached hydrogen (secondary N) is 1. The summed E-state index contributed by atoms with van der Waals surface area (Å²) in [6.45, 7) is 7.87. The maximum atomic E-state index is 5.59. The molecule has 3 rings (SSSR count). The van der Waals surface area contributed by atoms with Gasteiger partial charge in [0, 0.05) is 39.1 Å². The summed E-state index contributed by atoms with van der Waals surface area (Å²) >= 11 is 0. The van der Waals surface area contributed by atoms with Crippen LogP contribution in [0, 0.1) is 5.92 Å². The Morgan fingerprint density at radius 1 is 1.41 bits per heavy atom. The quantitative estimate of drug-likeness (QED) is 0.628. The lowest BCUT2D eigenvalue weighted by Gasteiger charge is -2.39. The van der Waals surface area contributed by atoms with Crippen LogP contribution in [-0.4, -0.2) is 53.7 Å². The molecule has 1 aromatic carbocycles. The van der Waals surface area contributed by atoms with Crippen molar-refractivity contribution in [3.05, 3.63) is 48.5 Å². The van der Waals surface area contributed by atoms with Gasteiger partial charge >= 0.3 is 0 Å². The summed E-state index contributed by atoms with van der Waals surface area (Å²) < 4.78 is 7.81. The van der Waals surface area contributed by atoms with Crippen LogP contribution >= 0.6 is 0 Å². The summed E-state index contributed by atoms with van der Waals surface area (Å²) in [6, 6.07) is 8.75. The minimum atomic E-state index is 0.433. The number of hydrogen-bond donors (Lipinski definition) is 1.